The maximum absolute atomic E-state index is 13.2. The van der Waals surface area contributed by atoms with E-state index in [1.807, 2.05) is 19.1 Å². The minimum absolute atomic E-state index is 0.0307. The van der Waals surface area contributed by atoms with Crippen LogP contribution in [-0.4, -0.2) is 57.4 Å². The van der Waals surface area contributed by atoms with Crippen LogP contribution in [0, 0.1) is 0 Å². The molecule has 3 rings (SSSR count). The predicted octanol–water partition coefficient (Wildman–Crippen LogP) is 2.86. The molecule has 37 heavy (non-hydrogen) atoms. The van der Waals surface area contributed by atoms with Gasteiger partial charge in [-0.15, -0.1) is 0 Å². The van der Waals surface area contributed by atoms with E-state index < -0.39 is 18.4 Å². The second-order valence-corrected chi connectivity index (χ2v) is 8.74. The van der Waals surface area contributed by atoms with Gasteiger partial charge in [-0.3, -0.25) is 4.79 Å². The molecule has 0 aromatic carbocycles. The number of ether oxygens (including phenoxy) is 1. The van der Waals surface area contributed by atoms with Crippen molar-refractivity contribution in [2.45, 2.75) is 38.7 Å². The van der Waals surface area contributed by atoms with Gasteiger partial charge in [-0.2, -0.15) is 0 Å². The quantitative estimate of drug-likeness (QED) is 0.369. The molecule has 0 unspecified atom stereocenters. The zero-order valence-corrected chi connectivity index (χ0v) is 20.9. The summed E-state index contributed by atoms with van der Waals surface area (Å²) in [5.41, 5.74) is 19.6. The molecule has 2 aromatic heterocycles. The van der Waals surface area contributed by atoms with Gasteiger partial charge in [0.25, 0.3) is 17.7 Å². The van der Waals surface area contributed by atoms with Crippen molar-refractivity contribution in [3.05, 3.63) is 60.2 Å². The Morgan fingerprint density at radius 3 is 2.73 bits per heavy atom. The van der Waals surface area contributed by atoms with Crippen molar-refractivity contribution >= 4 is 17.4 Å². The van der Waals surface area contributed by atoms with Crippen molar-refractivity contribution < 1.29 is 18.3 Å². The first-order valence-electron chi connectivity index (χ1n) is 11.7. The molecule has 7 N–H and O–H groups in total. The highest BCUT2D eigenvalue weighted by atomic mass is 19.3. The molecule has 1 atom stereocenters. The molecular formula is C25H32F2N8O2. The summed E-state index contributed by atoms with van der Waals surface area (Å²) < 4.78 is 31.5. The molecule has 1 fully saturated rings. The number of piperidine rings is 1. The number of allylic oxidation sites excluding steroid dienone is 3. The van der Waals surface area contributed by atoms with Crippen LogP contribution in [0.1, 0.15) is 37.2 Å². The molecule has 1 saturated heterocycles. The van der Waals surface area contributed by atoms with Gasteiger partial charge in [0.15, 0.2) is 18.1 Å². The van der Waals surface area contributed by atoms with Crippen molar-refractivity contribution in [3.8, 4) is 17.3 Å². The Morgan fingerprint density at radius 2 is 2.08 bits per heavy atom. The summed E-state index contributed by atoms with van der Waals surface area (Å²) in [6, 6.07) is 3.04. The molecule has 1 aliphatic heterocycles. The first-order chi connectivity index (χ1) is 17.5. The van der Waals surface area contributed by atoms with E-state index in [0.29, 0.717) is 19.2 Å². The molecule has 10 nitrogen and oxygen atoms in total. The smallest absolute Gasteiger partial charge is 0.278 e. The van der Waals surface area contributed by atoms with E-state index >= 15 is 0 Å². The Labute approximate surface area is 214 Å². The van der Waals surface area contributed by atoms with Crippen LogP contribution in [0.4, 0.5) is 20.3 Å². The predicted molar refractivity (Wildman–Crippen MR) is 138 cm³/mol. The largest absolute Gasteiger partial charge is 0.469 e. The fourth-order valence-corrected chi connectivity index (χ4v) is 3.75. The van der Waals surface area contributed by atoms with Gasteiger partial charge in [-0.1, -0.05) is 12.7 Å². The maximum atomic E-state index is 13.2. The van der Waals surface area contributed by atoms with Gasteiger partial charge in [-0.05, 0) is 44.1 Å². The zero-order chi connectivity index (χ0) is 27.2. The molecule has 0 bridgehead atoms. The number of rotatable bonds is 9. The number of likely N-dealkylation sites (tertiary alicyclic amines) is 1. The molecule has 198 valence electrons. The average Bonchev–Trinajstić information content (AvgIpc) is 2.85. The second-order valence-electron chi connectivity index (χ2n) is 8.74. The Kier molecular flexibility index (Phi) is 8.77. The highest BCUT2D eigenvalue weighted by molar-refractivity contribution is 5.99. The molecule has 3 heterocycles. The lowest BCUT2D eigenvalue weighted by molar-refractivity contribution is -0.0240. The number of nitrogens with zero attached hydrogens (tertiary/aromatic N) is 4. The van der Waals surface area contributed by atoms with Crippen molar-refractivity contribution in [2.75, 3.05) is 31.2 Å². The lowest BCUT2D eigenvalue weighted by Crippen LogP contribution is -2.43. The maximum Gasteiger partial charge on any atom is 0.278 e. The normalized spacial score (nSPS) is 16.9. The SMILES string of the molecule is C=C/C(NC(=O)c1nc(-c2cnc(N)c(OCC(C)(F)F)n2)ccc1N)=C(\C=C/C)N1CCC[C@H](N)C1. The molecule has 0 aliphatic carbocycles. The molecule has 1 amide bonds. The van der Waals surface area contributed by atoms with E-state index in [1.165, 1.54) is 18.3 Å². The Hall–Kier alpha value is -4.06. The minimum atomic E-state index is -3.09. The van der Waals surface area contributed by atoms with Crippen molar-refractivity contribution in [1.82, 2.24) is 25.2 Å². The highest BCUT2D eigenvalue weighted by Gasteiger charge is 2.24. The van der Waals surface area contributed by atoms with Crippen LogP contribution >= 0.6 is 0 Å². The van der Waals surface area contributed by atoms with Crippen molar-refractivity contribution in [2.24, 2.45) is 5.73 Å². The summed E-state index contributed by atoms with van der Waals surface area (Å²) in [6.07, 6.45) is 8.46. The molecule has 2 aromatic rings. The highest BCUT2D eigenvalue weighted by Crippen LogP contribution is 2.25. The Morgan fingerprint density at radius 1 is 1.32 bits per heavy atom. The van der Waals surface area contributed by atoms with E-state index in [2.05, 4.69) is 31.7 Å². The molecule has 12 heteroatoms. The van der Waals surface area contributed by atoms with Crippen LogP contribution in [0.25, 0.3) is 11.4 Å². The number of hydrogen-bond acceptors (Lipinski definition) is 9. The van der Waals surface area contributed by atoms with Crippen LogP contribution in [0.3, 0.4) is 0 Å². The minimum Gasteiger partial charge on any atom is -0.469 e. The van der Waals surface area contributed by atoms with Crippen LogP contribution in [0.5, 0.6) is 5.88 Å². The van der Waals surface area contributed by atoms with E-state index in [1.54, 1.807) is 6.08 Å². The van der Waals surface area contributed by atoms with Gasteiger partial charge in [0.1, 0.15) is 5.69 Å². The Bertz CT molecular complexity index is 1210. The molecule has 1 aliphatic rings. The number of pyridine rings is 1. The van der Waals surface area contributed by atoms with Crippen molar-refractivity contribution in [1.29, 1.82) is 0 Å². The number of carbonyl (C=O) groups is 1. The van der Waals surface area contributed by atoms with E-state index in [-0.39, 0.29) is 40.5 Å². The van der Waals surface area contributed by atoms with E-state index in [4.69, 9.17) is 21.9 Å². The summed E-state index contributed by atoms with van der Waals surface area (Å²) >= 11 is 0. The number of alkyl halides is 2. The lowest BCUT2D eigenvalue weighted by Gasteiger charge is -2.34. The molecule has 0 radical (unpaired) electrons. The van der Waals surface area contributed by atoms with Gasteiger partial charge in [-0.25, -0.2) is 23.7 Å². The van der Waals surface area contributed by atoms with Crippen LogP contribution in [0.15, 0.2) is 54.5 Å². The summed E-state index contributed by atoms with van der Waals surface area (Å²) in [7, 11) is 0. The number of nitrogens with one attached hydrogen (secondary N) is 1. The third-order valence-corrected chi connectivity index (χ3v) is 5.48. The number of carbonyl (C=O) groups excluding carboxylic acids is 1. The van der Waals surface area contributed by atoms with Gasteiger partial charge in [0.05, 0.1) is 29.0 Å². The number of halogens is 2. The number of hydrogen-bond donors (Lipinski definition) is 4. The van der Waals surface area contributed by atoms with Gasteiger partial charge < -0.3 is 32.2 Å². The number of anilines is 2. The zero-order valence-electron chi connectivity index (χ0n) is 20.9. The number of amides is 1. The third kappa shape index (κ3) is 7.23. The summed E-state index contributed by atoms with van der Waals surface area (Å²) in [6.45, 7) is 6.95. The number of aromatic nitrogens is 3. The summed E-state index contributed by atoms with van der Waals surface area (Å²) in [4.78, 5) is 27.8. The lowest BCUT2D eigenvalue weighted by atomic mass is 10.1. The first kappa shape index (κ1) is 27.5. The second kappa shape index (κ2) is 11.8. The topological polar surface area (TPSA) is 158 Å². The van der Waals surface area contributed by atoms with Gasteiger partial charge in [0, 0.05) is 26.1 Å². The summed E-state index contributed by atoms with van der Waals surface area (Å²) in [5, 5.41) is 2.84. The fourth-order valence-electron chi connectivity index (χ4n) is 3.75. The molecule has 0 spiro atoms. The first-order valence-corrected chi connectivity index (χ1v) is 11.7. The van der Waals surface area contributed by atoms with Crippen molar-refractivity contribution in [3.63, 3.8) is 0 Å². The molecular weight excluding hydrogens is 482 g/mol. The monoisotopic (exact) mass is 514 g/mol. The summed E-state index contributed by atoms with van der Waals surface area (Å²) in [5.74, 6) is -4.08. The van der Waals surface area contributed by atoms with Crippen LogP contribution < -0.4 is 27.3 Å². The third-order valence-electron chi connectivity index (χ3n) is 5.48. The number of nitrogens with two attached hydrogens (primary N) is 3. The van der Waals surface area contributed by atoms with Crippen LogP contribution in [-0.2, 0) is 0 Å². The van der Waals surface area contributed by atoms with Crippen LogP contribution in [0.2, 0.25) is 0 Å². The fraction of sp³-hybridized carbons (Fsp3) is 0.360. The number of nitrogen functional groups attached to an aromatic ring is 2. The van der Waals surface area contributed by atoms with E-state index in [0.717, 1.165) is 25.1 Å². The average molecular weight is 515 g/mol. The Balaban J connectivity index is 1.91. The molecule has 0 saturated carbocycles. The van der Waals surface area contributed by atoms with E-state index in [9.17, 15) is 13.6 Å². The van der Waals surface area contributed by atoms with Gasteiger partial charge >= 0.3 is 0 Å². The standard InChI is InChI=1S/C25H32F2N8O2/c1-4-7-20(35-11-6-8-15(28)13-35)17(5-2)33-23(36)21-16(29)9-10-18(32-21)19-12-31-22(30)24(34-19)37-14-25(3,26)27/h4-5,7,9-10,12,15H,2,6,8,11,13-14,28-29H2,1,3H3,(H2,30,31)(H,33,36)/b7-4-,20-17-/t15-/m0/s1. The van der Waals surface area contributed by atoms with Gasteiger partial charge in [0.2, 0.25) is 0 Å².